The minimum Gasteiger partial charge on any atom is -0.370 e. The number of quaternary nitrogens is 1. The Morgan fingerprint density at radius 3 is 2.37 bits per heavy atom. The molecule has 38 heavy (non-hydrogen) atoms. The molecular formula is C32H59N6+. The van der Waals surface area contributed by atoms with Crippen molar-refractivity contribution in [3.63, 3.8) is 0 Å². The Kier molecular flexibility index (Phi) is 13.9. The lowest BCUT2D eigenvalue weighted by atomic mass is 9.82. The van der Waals surface area contributed by atoms with Gasteiger partial charge in [-0.3, -0.25) is 4.90 Å². The number of guanidine groups is 1. The van der Waals surface area contributed by atoms with Crippen LogP contribution in [0.25, 0.3) is 0 Å². The van der Waals surface area contributed by atoms with E-state index in [9.17, 15) is 0 Å². The van der Waals surface area contributed by atoms with Crippen molar-refractivity contribution in [3.05, 3.63) is 35.9 Å². The van der Waals surface area contributed by atoms with Crippen LogP contribution in [-0.4, -0.2) is 92.4 Å². The first-order valence-electron chi connectivity index (χ1n) is 15.9. The van der Waals surface area contributed by atoms with Crippen molar-refractivity contribution in [3.8, 4) is 0 Å². The van der Waals surface area contributed by atoms with Gasteiger partial charge in [0, 0.05) is 13.1 Å². The number of fused-ring (bicyclic) bond motifs is 4. The Balaban J connectivity index is 1.40. The van der Waals surface area contributed by atoms with Gasteiger partial charge in [-0.15, -0.1) is 0 Å². The normalized spacial score (nSPS) is 22.1. The van der Waals surface area contributed by atoms with Gasteiger partial charge >= 0.3 is 0 Å². The first-order chi connectivity index (χ1) is 18.6. The van der Waals surface area contributed by atoms with E-state index < -0.39 is 0 Å². The number of aliphatic imine (C=N–C) groups is 1. The standard InChI is InChI=1S/C32H59N6/c1-4-38(5-2,6-3)27-13-11-21-34-32(33)35-28-37(23-17-29-14-8-7-9-15-29)22-12-10-16-30-18-24-36-25-19-31(30)20-26-36/h7-9,14-15,30-31H,4-6,10-13,16-28H2,1-3H3,(H3,33,34,35)/q+1. The third-order valence-corrected chi connectivity index (χ3v) is 9.79. The van der Waals surface area contributed by atoms with Gasteiger partial charge in [0.05, 0.1) is 32.8 Å². The van der Waals surface area contributed by atoms with Crippen LogP contribution in [0.4, 0.5) is 0 Å². The maximum atomic E-state index is 6.28. The molecule has 1 aromatic rings. The van der Waals surface area contributed by atoms with Crippen molar-refractivity contribution >= 4 is 5.96 Å². The molecule has 4 rings (SSSR count). The smallest absolute Gasteiger partial charge is 0.189 e. The number of unbranched alkanes of at least 4 members (excludes halogenated alkanes) is 2. The highest BCUT2D eigenvalue weighted by molar-refractivity contribution is 5.77. The quantitative estimate of drug-likeness (QED) is 0.123. The maximum Gasteiger partial charge on any atom is 0.189 e. The molecule has 0 aliphatic carbocycles. The summed E-state index contributed by atoms with van der Waals surface area (Å²) in [7, 11) is 0. The van der Waals surface area contributed by atoms with E-state index in [0.717, 1.165) is 44.3 Å². The number of hydrogen-bond acceptors (Lipinski definition) is 3. The molecule has 1 atom stereocenters. The predicted molar refractivity (Wildman–Crippen MR) is 163 cm³/mol. The van der Waals surface area contributed by atoms with E-state index in [1.165, 1.54) is 101 Å². The Morgan fingerprint density at radius 2 is 1.66 bits per heavy atom. The summed E-state index contributed by atoms with van der Waals surface area (Å²) in [5.74, 6) is 2.54. The van der Waals surface area contributed by atoms with Crippen LogP contribution in [0.2, 0.25) is 0 Å². The number of nitrogens with one attached hydrogen (secondary N) is 1. The highest BCUT2D eigenvalue weighted by Gasteiger charge is 2.30. The highest BCUT2D eigenvalue weighted by atomic mass is 15.3. The minimum absolute atomic E-state index is 0.598. The molecular weight excluding hydrogens is 468 g/mol. The number of benzene rings is 1. The largest absolute Gasteiger partial charge is 0.370 e. The van der Waals surface area contributed by atoms with Crippen LogP contribution in [0, 0.1) is 11.8 Å². The van der Waals surface area contributed by atoms with E-state index in [0.29, 0.717) is 12.6 Å². The van der Waals surface area contributed by atoms with Gasteiger partial charge in [0.1, 0.15) is 0 Å². The van der Waals surface area contributed by atoms with Gasteiger partial charge in [-0.05, 0) is 109 Å². The van der Waals surface area contributed by atoms with Gasteiger partial charge < -0.3 is 20.4 Å². The number of nitrogens with zero attached hydrogens (tertiary/aromatic N) is 4. The van der Waals surface area contributed by atoms with Gasteiger partial charge in [0.15, 0.2) is 5.96 Å². The molecule has 3 fully saturated rings. The van der Waals surface area contributed by atoms with Gasteiger partial charge in [0.2, 0.25) is 0 Å². The lowest BCUT2D eigenvalue weighted by Gasteiger charge is -2.35. The Labute approximate surface area is 234 Å². The summed E-state index contributed by atoms with van der Waals surface area (Å²) >= 11 is 0. The molecule has 2 bridgehead atoms. The van der Waals surface area contributed by atoms with Gasteiger partial charge in [-0.25, -0.2) is 4.99 Å². The third-order valence-electron chi connectivity index (χ3n) is 9.79. The molecule has 3 heterocycles. The Morgan fingerprint density at radius 1 is 0.947 bits per heavy atom. The zero-order valence-corrected chi connectivity index (χ0v) is 25.0. The Hall–Kier alpha value is -1.63. The zero-order chi connectivity index (χ0) is 27.1. The van der Waals surface area contributed by atoms with Gasteiger partial charge in [-0.1, -0.05) is 43.2 Å². The molecule has 0 saturated carbocycles. The Bertz CT molecular complexity index is 761. The molecule has 6 heteroatoms. The maximum absolute atomic E-state index is 6.28. The van der Waals surface area contributed by atoms with Crippen LogP contribution < -0.4 is 11.1 Å². The molecule has 3 aliphatic rings. The second kappa shape index (κ2) is 17.1. The van der Waals surface area contributed by atoms with E-state index in [2.05, 4.69) is 66.2 Å². The fourth-order valence-corrected chi connectivity index (χ4v) is 6.71. The molecule has 1 aromatic carbocycles. The molecule has 0 amide bonds. The SMILES string of the molecule is CC[N+](CC)(CC)CCCCNC(N)=NCN(CCCCC1CCN2CCC1CC2)CCc1ccccc1. The van der Waals surface area contributed by atoms with E-state index in [1.54, 1.807) is 0 Å². The van der Waals surface area contributed by atoms with Crippen molar-refractivity contribution in [1.82, 2.24) is 15.1 Å². The van der Waals surface area contributed by atoms with Crippen molar-refractivity contribution < 1.29 is 4.48 Å². The number of rotatable bonds is 18. The molecule has 3 aliphatic heterocycles. The molecule has 3 saturated heterocycles. The van der Waals surface area contributed by atoms with E-state index >= 15 is 0 Å². The zero-order valence-electron chi connectivity index (χ0n) is 25.0. The minimum atomic E-state index is 0.598. The van der Waals surface area contributed by atoms with Gasteiger partial charge in [-0.2, -0.15) is 0 Å². The summed E-state index contributed by atoms with van der Waals surface area (Å²) in [6, 6.07) is 10.8. The number of piperidine rings is 1. The number of hydrogen-bond donors (Lipinski definition) is 2. The van der Waals surface area contributed by atoms with Gasteiger partial charge in [0.25, 0.3) is 0 Å². The molecule has 3 N–H and O–H groups in total. The van der Waals surface area contributed by atoms with Crippen molar-refractivity contribution in [1.29, 1.82) is 0 Å². The first-order valence-corrected chi connectivity index (χ1v) is 15.9. The van der Waals surface area contributed by atoms with Crippen LogP contribution in [0.15, 0.2) is 35.3 Å². The molecule has 1 unspecified atom stereocenters. The average molecular weight is 528 g/mol. The molecule has 0 aromatic heterocycles. The summed E-state index contributed by atoms with van der Waals surface area (Å²) in [5.41, 5.74) is 7.68. The molecule has 0 spiro atoms. The molecule has 6 nitrogen and oxygen atoms in total. The van der Waals surface area contributed by atoms with Crippen LogP contribution in [-0.2, 0) is 6.42 Å². The van der Waals surface area contributed by atoms with Crippen LogP contribution in [0.1, 0.15) is 77.7 Å². The lowest BCUT2D eigenvalue weighted by Crippen LogP contribution is -2.48. The van der Waals surface area contributed by atoms with Crippen molar-refractivity contribution in [2.75, 3.05) is 72.1 Å². The van der Waals surface area contributed by atoms with Crippen molar-refractivity contribution in [2.24, 2.45) is 22.6 Å². The highest BCUT2D eigenvalue weighted by Crippen LogP contribution is 2.34. The fraction of sp³-hybridized carbons (Fsp3) is 0.781. The first kappa shape index (κ1) is 30.9. The van der Waals surface area contributed by atoms with E-state index in [4.69, 9.17) is 10.7 Å². The van der Waals surface area contributed by atoms with E-state index in [1.807, 2.05) is 0 Å². The molecule has 216 valence electrons. The monoisotopic (exact) mass is 527 g/mol. The summed E-state index contributed by atoms with van der Waals surface area (Å²) < 4.78 is 1.22. The van der Waals surface area contributed by atoms with Crippen LogP contribution in [0.3, 0.4) is 0 Å². The second-order valence-electron chi connectivity index (χ2n) is 11.9. The lowest BCUT2D eigenvalue weighted by molar-refractivity contribution is -0.923. The average Bonchev–Trinajstić information content (AvgIpc) is 3.28. The molecule has 0 radical (unpaired) electrons. The van der Waals surface area contributed by atoms with Crippen molar-refractivity contribution in [2.45, 2.75) is 78.6 Å². The van der Waals surface area contributed by atoms with E-state index in [-0.39, 0.29) is 0 Å². The number of nitrogens with two attached hydrogens (primary N) is 1. The fourth-order valence-electron chi connectivity index (χ4n) is 6.71. The summed E-state index contributed by atoms with van der Waals surface area (Å²) in [5, 5.41) is 3.37. The second-order valence-corrected chi connectivity index (χ2v) is 11.9. The summed E-state index contributed by atoms with van der Waals surface area (Å²) in [6.45, 7) is 19.7. The topological polar surface area (TPSA) is 56.9 Å². The van der Waals surface area contributed by atoms with Crippen LogP contribution in [0.5, 0.6) is 0 Å². The summed E-state index contributed by atoms with van der Waals surface area (Å²) in [4.78, 5) is 9.93. The van der Waals surface area contributed by atoms with Crippen LogP contribution >= 0.6 is 0 Å². The predicted octanol–water partition coefficient (Wildman–Crippen LogP) is 4.95. The summed E-state index contributed by atoms with van der Waals surface area (Å²) in [6.07, 6.45) is 11.7. The third kappa shape index (κ3) is 10.5.